The van der Waals surface area contributed by atoms with Crippen molar-refractivity contribution in [2.24, 2.45) is 0 Å². The molecule has 11 heavy (non-hydrogen) atoms. The molecule has 0 heterocycles. The number of rotatable bonds is 5. The smallest absolute Gasteiger partial charge is 0.146 e. The zero-order valence-electron chi connectivity index (χ0n) is 6.89. The molecule has 0 aliphatic rings. The van der Waals surface area contributed by atoms with E-state index in [1.54, 1.807) is 13.8 Å². The molecule has 0 fully saturated rings. The molecule has 0 aliphatic heterocycles. The Morgan fingerprint density at radius 2 is 1.82 bits per heavy atom. The Balaban J connectivity index is 3.77. The molecule has 64 valence electrons. The Morgan fingerprint density at radius 3 is 2.18 bits per heavy atom. The first kappa shape index (κ1) is 10.8. The molecule has 0 aromatic carbocycles. The van der Waals surface area contributed by atoms with E-state index in [0.717, 1.165) is 0 Å². The Morgan fingerprint density at radius 1 is 1.27 bits per heavy atom. The monoisotopic (exact) mass is 220 g/mol. The van der Waals surface area contributed by atoms with Gasteiger partial charge in [0.05, 0.1) is 4.83 Å². The Bertz CT molecular complexity index is 154. The number of hydrogen-bond donors (Lipinski definition) is 0. The van der Waals surface area contributed by atoms with E-state index in [1.165, 1.54) is 0 Å². The van der Waals surface area contributed by atoms with Crippen LogP contribution < -0.4 is 0 Å². The lowest BCUT2D eigenvalue weighted by molar-refractivity contribution is -0.123. The third-order valence-corrected chi connectivity index (χ3v) is 2.33. The quantitative estimate of drug-likeness (QED) is 0.666. The maximum atomic E-state index is 11.0. The number of ketones is 2. The summed E-state index contributed by atoms with van der Waals surface area (Å²) in [5, 5.41) is 0. The van der Waals surface area contributed by atoms with E-state index in [4.69, 9.17) is 0 Å². The van der Waals surface area contributed by atoms with Crippen LogP contribution in [0.5, 0.6) is 0 Å². The largest absolute Gasteiger partial charge is 0.300 e. The van der Waals surface area contributed by atoms with Gasteiger partial charge >= 0.3 is 0 Å². The van der Waals surface area contributed by atoms with Gasteiger partial charge in [-0.25, -0.2) is 0 Å². The summed E-state index contributed by atoms with van der Waals surface area (Å²) in [7, 11) is 0. The molecule has 0 spiro atoms. The first-order valence-electron chi connectivity index (χ1n) is 3.80. The summed E-state index contributed by atoms with van der Waals surface area (Å²) < 4.78 is 0. The minimum Gasteiger partial charge on any atom is -0.300 e. The van der Waals surface area contributed by atoms with Crippen molar-refractivity contribution in [3.8, 4) is 0 Å². The highest BCUT2D eigenvalue weighted by molar-refractivity contribution is 9.10. The molecule has 0 amide bonds. The second-order valence-corrected chi connectivity index (χ2v) is 3.49. The maximum Gasteiger partial charge on any atom is 0.146 e. The van der Waals surface area contributed by atoms with Crippen molar-refractivity contribution in [1.82, 2.24) is 0 Å². The van der Waals surface area contributed by atoms with Gasteiger partial charge in [0.2, 0.25) is 0 Å². The van der Waals surface area contributed by atoms with Crippen molar-refractivity contribution >= 4 is 27.5 Å². The Kier molecular flexibility index (Phi) is 5.38. The van der Waals surface area contributed by atoms with E-state index < -0.39 is 0 Å². The summed E-state index contributed by atoms with van der Waals surface area (Å²) in [5.41, 5.74) is 0. The molecule has 0 saturated carbocycles. The Hall–Kier alpha value is -0.180. The van der Waals surface area contributed by atoms with Gasteiger partial charge in [-0.1, -0.05) is 29.8 Å². The van der Waals surface area contributed by atoms with Crippen LogP contribution in [0.15, 0.2) is 0 Å². The maximum absolute atomic E-state index is 11.0. The molecule has 0 N–H and O–H groups in total. The fraction of sp³-hybridized carbons (Fsp3) is 0.750. The molecule has 0 aromatic rings. The van der Waals surface area contributed by atoms with Gasteiger partial charge in [-0.05, 0) is 0 Å². The molecule has 0 saturated heterocycles. The minimum atomic E-state index is -0.264. The molecule has 0 bridgehead atoms. The highest BCUT2D eigenvalue weighted by Gasteiger charge is 2.15. The van der Waals surface area contributed by atoms with Crippen LogP contribution in [-0.4, -0.2) is 16.4 Å². The van der Waals surface area contributed by atoms with Gasteiger partial charge in [-0.2, -0.15) is 0 Å². The van der Waals surface area contributed by atoms with Crippen LogP contribution in [-0.2, 0) is 9.59 Å². The van der Waals surface area contributed by atoms with Crippen LogP contribution in [0.25, 0.3) is 0 Å². The van der Waals surface area contributed by atoms with Crippen molar-refractivity contribution in [2.75, 3.05) is 0 Å². The van der Waals surface area contributed by atoms with Crippen LogP contribution in [0.3, 0.4) is 0 Å². The standard InChI is InChI=1S/C8H13BrO2/c1-3-6(10)5-7(9)8(11)4-2/h7H,3-5H2,1-2H3. The van der Waals surface area contributed by atoms with Gasteiger partial charge in [0.25, 0.3) is 0 Å². The number of halogens is 1. The summed E-state index contributed by atoms with van der Waals surface area (Å²) in [6.07, 6.45) is 1.34. The highest BCUT2D eigenvalue weighted by Crippen LogP contribution is 2.09. The van der Waals surface area contributed by atoms with Crippen LogP contribution >= 0.6 is 15.9 Å². The van der Waals surface area contributed by atoms with Gasteiger partial charge in [-0.3, -0.25) is 9.59 Å². The normalized spacial score (nSPS) is 12.6. The van der Waals surface area contributed by atoms with Crippen molar-refractivity contribution < 1.29 is 9.59 Å². The van der Waals surface area contributed by atoms with E-state index in [1.807, 2.05) is 0 Å². The Labute approximate surface area is 75.5 Å². The molecule has 0 aromatic heterocycles. The van der Waals surface area contributed by atoms with Gasteiger partial charge < -0.3 is 0 Å². The molecular weight excluding hydrogens is 208 g/mol. The predicted octanol–water partition coefficient (Wildman–Crippen LogP) is 2.10. The molecule has 0 radical (unpaired) electrons. The summed E-state index contributed by atoms with van der Waals surface area (Å²) in [4.78, 5) is 21.6. The van der Waals surface area contributed by atoms with Gasteiger partial charge in [0.15, 0.2) is 0 Å². The number of Topliss-reactive ketones (excluding diaryl/α,β-unsaturated/α-hetero) is 2. The van der Waals surface area contributed by atoms with E-state index in [-0.39, 0.29) is 16.4 Å². The first-order chi connectivity index (χ1) is 5.11. The average molecular weight is 221 g/mol. The topological polar surface area (TPSA) is 34.1 Å². The molecule has 0 rings (SSSR count). The molecule has 2 nitrogen and oxygen atoms in total. The van der Waals surface area contributed by atoms with E-state index in [9.17, 15) is 9.59 Å². The number of carbonyl (C=O) groups is 2. The van der Waals surface area contributed by atoms with Crippen LogP contribution in [0, 0.1) is 0 Å². The fourth-order valence-corrected chi connectivity index (χ4v) is 1.36. The van der Waals surface area contributed by atoms with Gasteiger partial charge in [0, 0.05) is 19.3 Å². The minimum absolute atomic E-state index is 0.104. The number of alkyl halides is 1. The van der Waals surface area contributed by atoms with Crippen LogP contribution in [0.4, 0.5) is 0 Å². The third-order valence-electron chi connectivity index (χ3n) is 1.50. The summed E-state index contributed by atoms with van der Waals surface area (Å²) in [5.74, 6) is 0.237. The van der Waals surface area contributed by atoms with Crippen LogP contribution in [0.2, 0.25) is 0 Å². The molecule has 3 heteroatoms. The predicted molar refractivity (Wildman–Crippen MR) is 47.9 cm³/mol. The van der Waals surface area contributed by atoms with Crippen molar-refractivity contribution in [2.45, 2.75) is 37.9 Å². The van der Waals surface area contributed by atoms with Crippen LogP contribution in [0.1, 0.15) is 33.1 Å². The average Bonchev–Trinajstić information content (AvgIpc) is 2.02. The van der Waals surface area contributed by atoms with E-state index in [0.29, 0.717) is 19.3 Å². The SMILES string of the molecule is CCC(=O)CC(Br)C(=O)CC. The zero-order chi connectivity index (χ0) is 8.85. The summed E-state index contributed by atoms with van der Waals surface area (Å²) in [6, 6.07) is 0. The summed E-state index contributed by atoms with van der Waals surface area (Å²) >= 11 is 3.17. The van der Waals surface area contributed by atoms with Crippen molar-refractivity contribution in [1.29, 1.82) is 0 Å². The van der Waals surface area contributed by atoms with E-state index >= 15 is 0 Å². The highest BCUT2D eigenvalue weighted by atomic mass is 79.9. The van der Waals surface area contributed by atoms with Gasteiger partial charge in [-0.15, -0.1) is 0 Å². The van der Waals surface area contributed by atoms with Gasteiger partial charge in [0.1, 0.15) is 11.6 Å². The molecule has 1 unspecified atom stereocenters. The summed E-state index contributed by atoms with van der Waals surface area (Å²) in [6.45, 7) is 3.60. The third kappa shape index (κ3) is 4.30. The van der Waals surface area contributed by atoms with E-state index in [2.05, 4.69) is 15.9 Å². The lowest BCUT2D eigenvalue weighted by Gasteiger charge is -2.04. The number of carbonyl (C=O) groups excluding carboxylic acids is 2. The van der Waals surface area contributed by atoms with Crippen molar-refractivity contribution in [3.05, 3.63) is 0 Å². The van der Waals surface area contributed by atoms with Crippen molar-refractivity contribution in [3.63, 3.8) is 0 Å². The first-order valence-corrected chi connectivity index (χ1v) is 4.71. The number of hydrogen-bond acceptors (Lipinski definition) is 2. The molecular formula is C8H13BrO2. The second kappa shape index (κ2) is 5.47. The second-order valence-electron chi connectivity index (χ2n) is 2.38. The molecule has 0 aliphatic carbocycles. The zero-order valence-corrected chi connectivity index (χ0v) is 8.48. The lowest BCUT2D eigenvalue weighted by atomic mass is 10.1. The fourth-order valence-electron chi connectivity index (χ4n) is 0.680. The molecule has 1 atom stereocenters. The lowest BCUT2D eigenvalue weighted by Crippen LogP contribution is -2.16.